The predicted molar refractivity (Wildman–Crippen MR) is 101 cm³/mol. The second kappa shape index (κ2) is 6.73. The summed E-state index contributed by atoms with van der Waals surface area (Å²) in [5, 5.41) is 9.37. The highest BCUT2D eigenvalue weighted by Gasteiger charge is 2.17. The number of phenols is 1. The molecule has 3 rings (SSSR count). The Morgan fingerprint density at radius 2 is 1.14 bits per heavy atom. The molecule has 1 saturated heterocycles. The van der Waals surface area contributed by atoms with E-state index in [1.165, 1.54) is 11.4 Å². The molecule has 2 aromatic carbocycles. The van der Waals surface area contributed by atoms with Crippen LogP contribution in [-0.2, 0) is 0 Å². The zero-order valence-corrected chi connectivity index (χ0v) is 14.7. The van der Waals surface area contributed by atoms with E-state index < -0.39 is 0 Å². The maximum atomic E-state index is 9.37. The van der Waals surface area contributed by atoms with E-state index in [9.17, 15) is 5.11 Å². The SMILES string of the molecule is Oc1ccc(N2CCN(c3ccc(N(P)P)cc3)CC2)cc1. The lowest BCUT2D eigenvalue weighted by atomic mass is 10.2. The van der Waals surface area contributed by atoms with Gasteiger partial charge >= 0.3 is 0 Å². The number of rotatable bonds is 3. The Hall–Kier alpha value is -1.50. The van der Waals surface area contributed by atoms with E-state index in [0.717, 1.165) is 31.9 Å². The lowest BCUT2D eigenvalue weighted by Crippen LogP contribution is -2.46. The third kappa shape index (κ3) is 3.45. The first-order valence-corrected chi connectivity index (χ1v) is 8.35. The van der Waals surface area contributed by atoms with E-state index in [2.05, 4.69) is 52.8 Å². The van der Waals surface area contributed by atoms with Crippen LogP contribution in [0.5, 0.6) is 5.75 Å². The summed E-state index contributed by atoms with van der Waals surface area (Å²) < 4.78 is 1.95. The topological polar surface area (TPSA) is 30.0 Å². The van der Waals surface area contributed by atoms with Crippen molar-refractivity contribution in [1.82, 2.24) is 0 Å². The number of piperazine rings is 1. The lowest BCUT2D eigenvalue weighted by Gasteiger charge is -2.37. The number of benzene rings is 2. The van der Waals surface area contributed by atoms with Crippen molar-refractivity contribution < 1.29 is 5.11 Å². The van der Waals surface area contributed by atoms with Crippen molar-refractivity contribution >= 4 is 35.8 Å². The van der Waals surface area contributed by atoms with Crippen LogP contribution >= 0.6 is 18.8 Å². The van der Waals surface area contributed by atoms with E-state index in [4.69, 9.17) is 0 Å². The number of anilines is 3. The average Bonchev–Trinajstić information content (AvgIpc) is 2.56. The fourth-order valence-corrected chi connectivity index (χ4v) is 3.07. The van der Waals surface area contributed by atoms with Gasteiger partial charge in [0.1, 0.15) is 5.75 Å². The van der Waals surface area contributed by atoms with Crippen molar-refractivity contribution in [2.75, 3.05) is 40.4 Å². The Labute approximate surface area is 136 Å². The number of phenolic OH excluding ortho intramolecular Hbond substituents is 1. The number of hydrogen-bond acceptors (Lipinski definition) is 4. The molecule has 0 amide bonds. The molecule has 116 valence electrons. The van der Waals surface area contributed by atoms with Crippen LogP contribution in [0.25, 0.3) is 0 Å². The van der Waals surface area contributed by atoms with Crippen LogP contribution in [0.2, 0.25) is 0 Å². The maximum absolute atomic E-state index is 9.37. The quantitative estimate of drug-likeness (QED) is 0.874. The first kappa shape index (κ1) is 15.4. The molecule has 0 aromatic heterocycles. The standard InChI is InChI=1S/C16H21N3OP2/c20-16-7-5-14(6-8-16)18-11-9-17(10-12-18)13-1-3-15(4-2-13)19(21)22/h1-8,20H,9-12,21-22H2. The van der Waals surface area contributed by atoms with Crippen LogP contribution in [0.15, 0.2) is 48.5 Å². The molecule has 1 heterocycles. The van der Waals surface area contributed by atoms with Gasteiger partial charge in [0.05, 0.1) is 0 Å². The van der Waals surface area contributed by atoms with Gasteiger partial charge in [0, 0.05) is 43.2 Å². The van der Waals surface area contributed by atoms with E-state index in [0.29, 0.717) is 5.75 Å². The molecule has 0 saturated carbocycles. The highest BCUT2D eigenvalue weighted by Crippen LogP contribution is 2.27. The third-order valence-corrected chi connectivity index (χ3v) is 4.60. The van der Waals surface area contributed by atoms with E-state index >= 15 is 0 Å². The fraction of sp³-hybridized carbons (Fsp3) is 0.250. The summed E-state index contributed by atoms with van der Waals surface area (Å²) in [6.07, 6.45) is 0. The van der Waals surface area contributed by atoms with Gasteiger partial charge in [0.15, 0.2) is 0 Å². The summed E-state index contributed by atoms with van der Waals surface area (Å²) in [4.78, 5) is 4.77. The summed E-state index contributed by atoms with van der Waals surface area (Å²) in [6.45, 7) is 4.00. The van der Waals surface area contributed by atoms with Crippen molar-refractivity contribution in [3.63, 3.8) is 0 Å². The van der Waals surface area contributed by atoms with Gasteiger partial charge in [-0.25, -0.2) is 0 Å². The Morgan fingerprint density at radius 3 is 1.55 bits per heavy atom. The minimum atomic E-state index is 0.319. The molecule has 4 nitrogen and oxygen atoms in total. The van der Waals surface area contributed by atoms with Gasteiger partial charge in [-0.1, -0.05) is 0 Å². The highest BCUT2D eigenvalue weighted by molar-refractivity contribution is 7.39. The number of hydrogen-bond donors (Lipinski definition) is 1. The predicted octanol–water partition coefficient (Wildman–Crippen LogP) is 3.11. The minimum Gasteiger partial charge on any atom is -0.508 e. The summed E-state index contributed by atoms with van der Waals surface area (Å²) in [5.74, 6) is 0.319. The first-order valence-electron chi connectivity index (χ1n) is 7.32. The largest absolute Gasteiger partial charge is 0.508 e. The summed E-state index contributed by atoms with van der Waals surface area (Å²) in [6, 6.07) is 16.1. The minimum absolute atomic E-state index is 0.319. The molecule has 1 aliphatic rings. The summed E-state index contributed by atoms with van der Waals surface area (Å²) in [7, 11) is 5.27. The fourth-order valence-electron chi connectivity index (χ4n) is 2.72. The number of aromatic hydroxyl groups is 1. The summed E-state index contributed by atoms with van der Waals surface area (Å²) >= 11 is 0. The van der Waals surface area contributed by atoms with Crippen LogP contribution in [0.1, 0.15) is 0 Å². The van der Waals surface area contributed by atoms with Crippen LogP contribution in [0, 0.1) is 0 Å². The average molecular weight is 333 g/mol. The second-order valence-electron chi connectivity index (χ2n) is 5.41. The van der Waals surface area contributed by atoms with Crippen molar-refractivity contribution in [3.05, 3.63) is 48.5 Å². The molecule has 2 aromatic rings. The van der Waals surface area contributed by atoms with Gasteiger partial charge in [-0.15, -0.1) is 0 Å². The van der Waals surface area contributed by atoms with Crippen molar-refractivity contribution in [1.29, 1.82) is 0 Å². The molecule has 2 unspecified atom stereocenters. The zero-order valence-electron chi connectivity index (χ0n) is 12.4. The molecule has 1 fully saturated rings. The third-order valence-electron chi connectivity index (χ3n) is 4.01. The maximum Gasteiger partial charge on any atom is 0.115 e. The van der Waals surface area contributed by atoms with Gasteiger partial charge in [-0.05, 0) is 67.3 Å². The lowest BCUT2D eigenvalue weighted by molar-refractivity contribution is 0.475. The zero-order chi connectivity index (χ0) is 15.5. The van der Waals surface area contributed by atoms with E-state index in [1.807, 2.05) is 16.6 Å². The smallest absolute Gasteiger partial charge is 0.115 e. The van der Waals surface area contributed by atoms with Gasteiger partial charge < -0.3 is 19.3 Å². The van der Waals surface area contributed by atoms with Gasteiger partial charge in [-0.3, -0.25) is 0 Å². The highest BCUT2D eigenvalue weighted by atomic mass is 31.1. The van der Waals surface area contributed by atoms with Gasteiger partial charge in [0.25, 0.3) is 0 Å². The molecule has 0 spiro atoms. The molecule has 22 heavy (non-hydrogen) atoms. The molecule has 1 N–H and O–H groups in total. The Morgan fingerprint density at radius 1 is 0.727 bits per heavy atom. The molecule has 2 atom stereocenters. The van der Waals surface area contributed by atoms with Crippen molar-refractivity contribution in [3.8, 4) is 5.75 Å². The second-order valence-corrected chi connectivity index (χ2v) is 7.12. The van der Waals surface area contributed by atoms with Crippen LogP contribution in [-0.4, -0.2) is 31.3 Å². The van der Waals surface area contributed by atoms with Crippen molar-refractivity contribution in [2.24, 2.45) is 0 Å². The summed E-state index contributed by atoms with van der Waals surface area (Å²) in [5.41, 5.74) is 3.60. The monoisotopic (exact) mass is 333 g/mol. The Balaban J connectivity index is 1.62. The molecule has 1 aliphatic heterocycles. The van der Waals surface area contributed by atoms with Gasteiger partial charge in [0.2, 0.25) is 0 Å². The molecule has 6 heteroatoms. The molecule has 0 radical (unpaired) electrons. The molecule has 0 bridgehead atoms. The number of nitrogens with zero attached hydrogens (tertiary/aromatic N) is 3. The molecular formula is C16H21N3OP2. The van der Waals surface area contributed by atoms with Crippen molar-refractivity contribution in [2.45, 2.75) is 0 Å². The molecule has 0 aliphatic carbocycles. The van der Waals surface area contributed by atoms with Gasteiger partial charge in [-0.2, -0.15) is 0 Å². The van der Waals surface area contributed by atoms with E-state index in [-0.39, 0.29) is 0 Å². The Kier molecular flexibility index (Phi) is 4.71. The molecular weight excluding hydrogens is 312 g/mol. The van der Waals surface area contributed by atoms with Crippen LogP contribution in [0.3, 0.4) is 0 Å². The van der Waals surface area contributed by atoms with Crippen LogP contribution in [0.4, 0.5) is 17.1 Å². The van der Waals surface area contributed by atoms with Crippen LogP contribution < -0.4 is 14.2 Å². The first-order chi connectivity index (χ1) is 10.6. The Bertz CT molecular complexity index is 608. The van der Waals surface area contributed by atoms with E-state index in [1.54, 1.807) is 12.1 Å². The normalized spacial score (nSPS) is 15.0.